The van der Waals surface area contributed by atoms with E-state index in [0.29, 0.717) is 5.56 Å². The Balaban J connectivity index is 1.82. The third kappa shape index (κ3) is 4.07. The lowest BCUT2D eigenvalue weighted by molar-refractivity contribution is -0.205. The van der Waals surface area contributed by atoms with Crippen molar-refractivity contribution in [2.24, 2.45) is 0 Å². The molecule has 9 heteroatoms. The number of fused-ring (bicyclic) bond motifs is 1. The summed E-state index contributed by atoms with van der Waals surface area (Å²) >= 11 is 0. The Labute approximate surface area is 152 Å². The number of hydrogen-bond donors (Lipinski definition) is 1. The molecule has 0 aliphatic carbocycles. The van der Waals surface area contributed by atoms with Gasteiger partial charge >= 0.3 is 12.1 Å². The fraction of sp³-hybridized carbons (Fsp3) is 0.333. The molecule has 2 aromatic rings. The van der Waals surface area contributed by atoms with Crippen LogP contribution in [0.25, 0.3) is 0 Å². The van der Waals surface area contributed by atoms with Crippen LogP contribution in [0.3, 0.4) is 0 Å². The number of nitrogens with one attached hydrogen (secondary N) is 1. The zero-order valence-corrected chi connectivity index (χ0v) is 14.2. The summed E-state index contributed by atoms with van der Waals surface area (Å²) in [4.78, 5) is 23.9. The monoisotopic (exact) mass is 383 g/mol. The quantitative estimate of drug-likeness (QED) is 0.822. The SMILES string of the molecule is COC(=O)Cc1occc1C(=O)N[C@@H]1Cc2ccccc2O[C@H]1C(F)(F)F. The van der Waals surface area contributed by atoms with Crippen molar-refractivity contribution >= 4 is 11.9 Å². The van der Waals surface area contributed by atoms with Crippen LogP contribution in [0.2, 0.25) is 0 Å². The van der Waals surface area contributed by atoms with Crippen LogP contribution in [-0.2, 0) is 22.4 Å². The Morgan fingerprint density at radius 1 is 1.26 bits per heavy atom. The maximum atomic E-state index is 13.4. The van der Waals surface area contributed by atoms with Crippen molar-refractivity contribution in [3.05, 3.63) is 53.5 Å². The summed E-state index contributed by atoms with van der Waals surface area (Å²) in [6.07, 6.45) is -6.03. The van der Waals surface area contributed by atoms with Crippen LogP contribution in [0, 0.1) is 0 Å². The number of para-hydroxylation sites is 1. The van der Waals surface area contributed by atoms with Gasteiger partial charge in [-0.05, 0) is 17.7 Å². The first-order valence-corrected chi connectivity index (χ1v) is 8.05. The van der Waals surface area contributed by atoms with E-state index in [4.69, 9.17) is 9.15 Å². The second-order valence-electron chi connectivity index (χ2n) is 5.98. The minimum Gasteiger partial charge on any atom is -0.478 e. The largest absolute Gasteiger partial charge is 0.478 e. The molecule has 0 radical (unpaired) electrons. The highest BCUT2D eigenvalue weighted by atomic mass is 19.4. The molecule has 3 rings (SSSR count). The van der Waals surface area contributed by atoms with Gasteiger partial charge in [0.2, 0.25) is 6.10 Å². The van der Waals surface area contributed by atoms with E-state index in [1.54, 1.807) is 18.2 Å². The predicted molar refractivity (Wildman–Crippen MR) is 86.3 cm³/mol. The van der Waals surface area contributed by atoms with E-state index in [0.717, 1.165) is 0 Å². The van der Waals surface area contributed by atoms with Crippen molar-refractivity contribution in [3.8, 4) is 5.75 Å². The van der Waals surface area contributed by atoms with Crippen LogP contribution in [-0.4, -0.2) is 37.3 Å². The molecule has 27 heavy (non-hydrogen) atoms. The molecule has 1 amide bonds. The van der Waals surface area contributed by atoms with Crippen LogP contribution in [0.5, 0.6) is 5.75 Å². The van der Waals surface area contributed by atoms with Crippen LogP contribution in [0.15, 0.2) is 41.0 Å². The van der Waals surface area contributed by atoms with Gasteiger partial charge in [0, 0.05) is 6.42 Å². The maximum Gasteiger partial charge on any atom is 0.427 e. The minimum absolute atomic E-state index is 0.0139. The summed E-state index contributed by atoms with van der Waals surface area (Å²) in [5.41, 5.74) is 0.533. The molecule has 1 N–H and O–H groups in total. The summed E-state index contributed by atoms with van der Waals surface area (Å²) in [5.74, 6) is -1.27. The minimum atomic E-state index is -4.67. The van der Waals surface area contributed by atoms with E-state index in [1.807, 2.05) is 0 Å². The van der Waals surface area contributed by atoms with E-state index in [-0.39, 0.29) is 29.9 Å². The number of halogens is 3. The number of furan rings is 1. The lowest BCUT2D eigenvalue weighted by Gasteiger charge is -2.35. The summed E-state index contributed by atoms with van der Waals surface area (Å²) in [6.45, 7) is 0. The van der Waals surface area contributed by atoms with E-state index < -0.39 is 30.2 Å². The van der Waals surface area contributed by atoms with Crippen LogP contribution < -0.4 is 10.1 Å². The highest BCUT2D eigenvalue weighted by molar-refractivity contribution is 5.96. The number of esters is 1. The first-order valence-electron chi connectivity index (χ1n) is 8.05. The van der Waals surface area contributed by atoms with Crippen molar-refractivity contribution in [1.82, 2.24) is 5.32 Å². The molecular weight excluding hydrogens is 367 g/mol. The van der Waals surface area contributed by atoms with Gasteiger partial charge in [0.15, 0.2) is 0 Å². The zero-order valence-electron chi connectivity index (χ0n) is 14.2. The van der Waals surface area contributed by atoms with Crippen molar-refractivity contribution in [3.63, 3.8) is 0 Å². The Morgan fingerprint density at radius 2 is 2.00 bits per heavy atom. The fourth-order valence-electron chi connectivity index (χ4n) is 2.90. The van der Waals surface area contributed by atoms with E-state index in [9.17, 15) is 22.8 Å². The average molecular weight is 383 g/mol. The molecule has 2 heterocycles. The number of ether oxygens (including phenoxy) is 2. The third-order valence-corrected chi connectivity index (χ3v) is 4.19. The number of hydrogen-bond acceptors (Lipinski definition) is 5. The van der Waals surface area contributed by atoms with Gasteiger partial charge in [0.25, 0.3) is 5.91 Å². The number of amides is 1. The van der Waals surface area contributed by atoms with E-state index >= 15 is 0 Å². The van der Waals surface area contributed by atoms with Gasteiger partial charge in [0.05, 0.1) is 25.0 Å². The van der Waals surface area contributed by atoms with Gasteiger partial charge < -0.3 is 19.2 Å². The third-order valence-electron chi connectivity index (χ3n) is 4.19. The predicted octanol–water partition coefficient (Wildman–Crippen LogP) is 2.66. The molecule has 0 bridgehead atoms. The van der Waals surface area contributed by atoms with Gasteiger partial charge in [-0.2, -0.15) is 13.2 Å². The summed E-state index contributed by atoms with van der Waals surface area (Å²) in [5, 5.41) is 2.35. The Bertz CT molecular complexity index is 846. The molecule has 1 aliphatic rings. The standard InChI is InChI=1S/C18H16F3NO5/c1-25-15(23)9-14-11(6-7-26-14)17(24)22-12-8-10-4-2-3-5-13(10)27-16(12)18(19,20)21/h2-7,12,16H,8-9H2,1H3,(H,22,24)/t12-,16-/m1/s1. The Kier molecular flexibility index (Phi) is 5.11. The Hall–Kier alpha value is -2.97. The van der Waals surface area contributed by atoms with Crippen molar-refractivity contribution in [2.75, 3.05) is 7.11 Å². The van der Waals surface area contributed by atoms with Crippen LogP contribution in [0.1, 0.15) is 21.7 Å². The van der Waals surface area contributed by atoms with E-state index in [1.165, 1.54) is 25.5 Å². The van der Waals surface area contributed by atoms with Crippen molar-refractivity contribution in [1.29, 1.82) is 0 Å². The van der Waals surface area contributed by atoms with Crippen LogP contribution in [0.4, 0.5) is 13.2 Å². The second kappa shape index (κ2) is 7.34. The Morgan fingerprint density at radius 3 is 2.70 bits per heavy atom. The van der Waals surface area contributed by atoms with Crippen molar-refractivity contribution < 1.29 is 36.7 Å². The molecule has 0 saturated heterocycles. The van der Waals surface area contributed by atoms with Gasteiger partial charge in [-0.3, -0.25) is 9.59 Å². The van der Waals surface area contributed by atoms with Gasteiger partial charge in [-0.25, -0.2) is 0 Å². The molecule has 6 nitrogen and oxygen atoms in total. The average Bonchev–Trinajstić information content (AvgIpc) is 3.08. The lowest BCUT2D eigenvalue weighted by Crippen LogP contribution is -2.56. The molecule has 2 atom stereocenters. The summed E-state index contributed by atoms with van der Waals surface area (Å²) in [6, 6.07) is 6.31. The highest BCUT2D eigenvalue weighted by Gasteiger charge is 2.50. The molecular formula is C18H16F3NO5. The number of carbonyl (C=O) groups is 2. The van der Waals surface area contributed by atoms with Crippen LogP contribution >= 0.6 is 0 Å². The van der Waals surface area contributed by atoms with E-state index in [2.05, 4.69) is 10.1 Å². The molecule has 1 aliphatic heterocycles. The topological polar surface area (TPSA) is 77.8 Å². The number of methoxy groups -OCH3 is 1. The molecule has 0 spiro atoms. The first-order chi connectivity index (χ1) is 12.8. The molecule has 1 aromatic heterocycles. The normalized spacial score (nSPS) is 19.0. The zero-order chi connectivity index (χ0) is 19.6. The number of rotatable bonds is 4. The maximum absolute atomic E-state index is 13.4. The fourth-order valence-corrected chi connectivity index (χ4v) is 2.90. The number of carbonyl (C=O) groups excluding carboxylic acids is 2. The number of alkyl halides is 3. The highest BCUT2D eigenvalue weighted by Crippen LogP contribution is 2.35. The second-order valence-corrected chi connectivity index (χ2v) is 5.98. The van der Waals surface area contributed by atoms with Gasteiger partial charge in [-0.1, -0.05) is 18.2 Å². The smallest absolute Gasteiger partial charge is 0.427 e. The molecule has 0 fully saturated rings. The lowest BCUT2D eigenvalue weighted by atomic mass is 9.96. The molecule has 0 unspecified atom stereocenters. The molecule has 144 valence electrons. The van der Waals surface area contributed by atoms with Gasteiger partial charge in [0.1, 0.15) is 17.9 Å². The first kappa shape index (κ1) is 18.8. The summed E-state index contributed by atoms with van der Waals surface area (Å²) in [7, 11) is 1.18. The van der Waals surface area contributed by atoms with Gasteiger partial charge in [-0.15, -0.1) is 0 Å². The summed E-state index contributed by atoms with van der Waals surface area (Å²) < 4.78 is 55.0. The van der Waals surface area contributed by atoms with Crippen molar-refractivity contribution in [2.45, 2.75) is 31.2 Å². The molecule has 0 saturated carbocycles. The number of benzene rings is 1. The molecule has 1 aromatic carbocycles.